The summed E-state index contributed by atoms with van der Waals surface area (Å²) in [5.41, 5.74) is 4.19. The summed E-state index contributed by atoms with van der Waals surface area (Å²) in [5, 5.41) is 1.24. The van der Waals surface area contributed by atoms with Gasteiger partial charge in [0.25, 0.3) is 0 Å². The predicted molar refractivity (Wildman–Crippen MR) is 92.6 cm³/mol. The van der Waals surface area contributed by atoms with Crippen LogP contribution in [-0.4, -0.2) is 9.38 Å². The van der Waals surface area contributed by atoms with Gasteiger partial charge in [0.2, 0.25) is 0 Å². The van der Waals surface area contributed by atoms with Crippen molar-refractivity contribution in [1.29, 1.82) is 0 Å². The van der Waals surface area contributed by atoms with Gasteiger partial charge in [-0.05, 0) is 49.9 Å². The van der Waals surface area contributed by atoms with Crippen molar-refractivity contribution < 1.29 is 4.74 Å². The largest absolute Gasteiger partial charge is 0.485 e. The van der Waals surface area contributed by atoms with Crippen molar-refractivity contribution in [3.05, 3.63) is 63.5 Å². The summed E-state index contributed by atoms with van der Waals surface area (Å²) < 4.78 is 8.14. The monoisotopic (exact) mass is 346 g/mol. The number of imidazole rings is 1. The predicted octanol–water partition coefficient (Wildman–Crippen LogP) is 5.10. The number of nitrogens with zero attached hydrogens (tertiary/aromatic N) is 2. The van der Waals surface area contributed by atoms with Crippen molar-refractivity contribution in [3.63, 3.8) is 0 Å². The molecular formula is C18H16Cl2N2O. The smallest absolute Gasteiger partial charge is 0.180 e. The molecule has 3 nitrogen and oxygen atoms in total. The van der Waals surface area contributed by atoms with Gasteiger partial charge in [-0.25, -0.2) is 4.98 Å². The molecule has 5 heteroatoms. The summed E-state index contributed by atoms with van der Waals surface area (Å²) in [5.74, 6) is 0.762. The van der Waals surface area contributed by atoms with E-state index in [0.717, 1.165) is 29.8 Å². The molecule has 118 valence electrons. The van der Waals surface area contributed by atoms with Gasteiger partial charge in [-0.3, -0.25) is 0 Å². The van der Waals surface area contributed by atoms with Crippen LogP contribution in [0.1, 0.15) is 29.8 Å². The second-order valence-corrected chi connectivity index (χ2v) is 6.58. The van der Waals surface area contributed by atoms with Gasteiger partial charge in [-0.15, -0.1) is 0 Å². The van der Waals surface area contributed by atoms with Crippen LogP contribution >= 0.6 is 23.2 Å². The number of halogens is 2. The van der Waals surface area contributed by atoms with E-state index in [1.807, 2.05) is 30.3 Å². The van der Waals surface area contributed by atoms with E-state index in [1.165, 1.54) is 24.2 Å². The molecule has 0 bridgehead atoms. The van der Waals surface area contributed by atoms with E-state index in [-0.39, 0.29) is 0 Å². The van der Waals surface area contributed by atoms with Gasteiger partial charge >= 0.3 is 0 Å². The lowest BCUT2D eigenvalue weighted by atomic mass is 10.0. The van der Waals surface area contributed by atoms with Crippen LogP contribution in [0.15, 0.2) is 36.5 Å². The van der Waals surface area contributed by atoms with Gasteiger partial charge < -0.3 is 9.14 Å². The van der Waals surface area contributed by atoms with E-state index < -0.39 is 0 Å². The fourth-order valence-corrected chi connectivity index (χ4v) is 3.63. The Morgan fingerprint density at radius 2 is 1.83 bits per heavy atom. The van der Waals surface area contributed by atoms with Crippen molar-refractivity contribution in [2.45, 2.75) is 32.3 Å². The number of hydrogen-bond donors (Lipinski definition) is 0. The van der Waals surface area contributed by atoms with Crippen LogP contribution in [-0.2, 0) is 19.4 Å². The second-order valence-electron chi connectivity index (χ2n) is 5.77. The number of pyridine rings is 1. The number of fused-ring (bicyclic) bond motifs is 3. The number of aryl methyl sites for hydroxylation is 2. The fraction of sp³-hybridized carbons (Fsp3) is 0.278. The van der Waals surface area contributed by atoms with Gasteiger partial charge in [0, 0.05) is 27.5 Å². The minimum absolute atomic E-state index is 0.329. The van der Waals surface area contributed by atoms with Gasteiger partial charge in [-0.1, -0.05) is 29.3 Å². The van der Waals surface area contributed by atoms with Crippen LogP contribution in [0.25, 0.3) is 5.65 Å². The summed E-state index contributed by atoms with van der Waals surface area (Å²) in [6.07, 6.45) is 6.62. The molecule has 0 amide bonds. The quantitative estimate of drug-likeness (QED) is 0.659. The highest BCUT2D eigenvalue weighted by atomic mass is 35.5. The molecule has 1 aliphatic carbocycles. The first-order valence-electron chi connectivity index (χ1n) is 7.78. The fourth-order valence-electron chi connectivity index (χ4n) is 3.12. The number of ether oxygens (including phenoxy) is 1. The first-order chi connectivity index (χ1) is 11.2. The van der Waals surface area contributed by atoms with Crippen molar-refractivity contribution in [2.24, 2.45) is 0 Å². The topological polar surface area (TPSA) is 26.5 Å². The molecule has 0 fully saturated rings. The maximum atomic E-state index is 6.21. The summed E-state index contributed by atoms with van der Waals surface area (Å²) >= 11 is 12.4. The Morgan fingerprint density at radius 3 is 2.65 bits per heavy atom. The third-order valence-electron chi connectivity index (χ3n) is 4.31. The standard InChI is InChI=1S/C18H16Cl2N2O/c19-13-5-3-6-14(20)12(13)11-23-17-9-4-10-22-16-8-2-1-7-15(16)21-18(17)22/h3-6,9-10H,1-2,7-8,11H2. The lowest BCUT2D eigenvalue weighted by molar-refractivity contribution is 0.308. The molecule has 23 heavy (non-hydrogen) atoms. The van der Waals surface area contributed by atoms with Crippen molar-refractivity contribution in [2.75, 3.05) is 0 Å². The molecule has 0 aliphatic heterocycles. The molecule has 0 atom stereocenters. The minimum Gasteiger partial charge on any atom is -0.485 e. The molecule has 0 spiro atoms. The zero-order valence-electron chi connectivity index (χ0n) is 12.6. The van der Waals surface area contributed by atoms with Crippen molar-refractivity contribution in [3.8, 4) is 5.75 Å². The Kier molecular flexibility index (Phi) is 3.92. The molecule has 2 aromatic heterocycles. The summed E-state index contributed by atoms with van der Waals surface area (Å²) in [7, 11) is 0. The van der Waals surface area contributed by atoms with Crippen LogP contribution in [0.4, 0.5) is 0 Å². The Balaban J connectivity index is 1.68. The Bertz CT molecular complexity index is 853. The number of hydrogen-bond acceptors (Lipinski definition) is 2. The molecule has 1 aromatic carbocycles. The second kappa shape index (κ2) is 6.06. The summed E-state index contributed by atoms with van der Waals surface area (Å²) in [6.45, 7) is 0.329. The highest BCUT2D eigenvalue weighted by molar-refractivity contribution is 6.35. The van der Waals surface area contributed by atoms with Crippen molar-refractivity contribution in [1.82, 2.24) is 9.38 Å². The number of benzene rings is 1. The van der Waals surface area contributed by atoms with Crippen molar-refractivity contribution >= 4 is 28.8 Å². The molecule has 0 radical (unpaired) electrons. The third-order valence-corrected chi connectivity index (χ3v) is 5.02. The molecule has 3 aromatic rings. The highest BCUT2D eigenvalue weighted by Crippen LogP contribution is 2.29. The zero-order chi connectivity index (χ0) is 15.8. The van der Waals surface area contributed by atoms with Crippen LogP contribution in [0, 0.1) is 0 Å². The molecule has 1 aliphatic rings. The van der Waals surface area contributed by atoms with Crippen LogP contribution in [0.3, 0.4) is 0 Å². The van der Waals surface area contributed by atoms with E-state index in [2.05, 4.69) is 10.6 Å². The SMILES string of the molecule is Clc1cccc(Cl)c1COc1cccn2c3c(nc12)CCCC3. The average molecular weight is 347 g/mol. The van der Waals surface area contributed by atoms with E-state index >= 15 is 0 Å². The molecule has 2 heterocycles. The molecular weight excluding hydrogens is 331 g/mol. The van der Waals surface area contributed by atoms with E-state index in [0.29, 0.717) is 16.7 Å². The zero-order valence-corrected chi connectivity index (χ0v) is 14.1. The first-order valence-corrected chi connectivity index (χ1v) is 8.54. The van der Waals surface area contributed by atoms with Gasteiger partial charge in [-0.2, -0.15) is 0 Å². The highest BCUT2D eigenvalue weighted by Gasteiger charge is 2.18. The minimum atomic E-state index is 0.329. The van der Waals surface area contributed by atoms with Crippen LogP contribution in [0.5, 0.6) is 5.75 Å². The number of aromatic nitrogens is 2. The van der Waals surface area contributed by atoms with E-state index in [4.69, 9.17) is 32.9 Å². The normalized spacial score (nSPS) is 14.0. The Morgan fingerprint density at radius 1 is 1.04 bits per heavy atom. The first kappa shape index (κ1) is 14.9. The lowest BCUT2D eigenvalue weighted by Gasteiger charge is -2.11. The summed E-state index contributed by atoms with van der Waals surface area (Å²) in [6, 6.07) is 9.41. The molecule has 0 saturated heterocycles. The van der Waals surface area contributed by atoms with Gasteiger partial charge in [0.05, 0.1) is 5.69 Å². The maximum Gasteiger partial charge on any atom is 0.180 e. The molecule has 0 N–H and O–H groups in total. The maximum absolute atomic E-state index is 6.21. The average Bonchev–Trinajstić information content (AvgIpc) is 2.94. The number of rotatable bonds is 3. The lowest BCUT2D eigenvalue weighted by Crippen LogP contribution is -2.03. The van der Waals surface area contributed by atoms with Crippen LogP contribution < -0.4 is 4.74 Å². The molecule has 0 unspecified atom stereocenters. The molecule has 0 saturated carbocycles. The Hall–Kier alpha value is -1.71. The molecule has 4 rings (SSSR count). The van der Waals surface area contributed by atoms with E-state index in [9.17, 15) is 0 Å². The van der Waals surface area contributed by atoms with Crippen LogP contribution in [0.2, 0.25) is 10.0 Å². The van der Waals surface area contributed by atoms with Gasteiger partial charge in [0.15, 0.2) is 11.4 Å². The van der Waals surface area contributed by atoms with E-state index in [1.54, 1.807) is 0 Å². The third kappa shape index (κ3) is 2.68. The van der Waals surface area contributed by atoms with Gasteiger partial charge in [0.1, 0.15) is 6.61 Å². The Labute approximate surface area is 144 Å². The summed E-state index contributed by atoms with van der Waals surface area (Å²) in [4.78, 5) is 4.78.